The molecule has 0 saturated heterocycles. The van der Waals surface area contributed by atoms with Crippen molar-refractivity contribution in [2.75, 3.05) is 0 Å². The van der Waals surface area contributed by atoms with E-state index in [4.69, 9.17) is 5.73 Å². The molecule has 0 aliphatic rings. The molecule has 0 fully saturated rings. The fraction of sp³-hybridized carbons (Fsp3) is 0.286. The van der Waals surface area contributed by atoms with Crippen LogP contribution in [-0.2, 0) is 0 Å². The van der Waals surface area contributed by atoms with Crippen molar-refractivity contribution in [1.29, 1.82) is 0 Å². The second-order valence-electron chi connectivity index (χ2n) is 4.48. The van der Waals surface area contributed by atoms with Gasteiger partial charge in [0.25, 0.3) is 0 Å². The van der Waals surface area contributed by atoms with E-state index in [2.05, 4.69) is 30.6 Å². The summed E-state index contributed by atoms with van der Waals surface area (Å²) in [6.45, 7) is 8.02. The van der Waals surface area contributed by atoms with Crippen molar-refractivity contribution < 1.29 is 0 Å². The normalized spacial score (nSPS) is 12.9. The molecule has 0 aliphatic heterocycles. The molecule has 2 heteroatoms. The van der Waals surface area contributed by atoms with Gasteiger partial charge in [0.15, 0.2) is 0 Å². The van der Waals surface area contributed by atoms with E-state index in [-0.39, 0.29) is 6.04 Å². The Morgan fingerprint density at radius 2 is 2.12 bits per heavy atom. The van der Waals surface area contributed by atoms with Gasteiger partial charge < -0.3 is 10.7 Å². The Morgan fingerprint density at radius 1 is 1.44 bits per heavy atom. The highest BCUT2D eigenvalue weighted by Gasteiger charge is 2.14. The van der Waals surface area contributed by atoms with E-state index in [0.29, 0.717) is 0 Å². The summed E-state index contributed by atoms with van der Waals surface area (Å²) >= 11 is 0. The van der Waals surface area contributed by atoms with Gasteiger partial charge in [-0.2, -0.15) is 0 Å². The van der Waals surface area contributed by atoms with E-state index >= 15 is 0 Å². The van der Waals surface area contributed by atoms with Gasteiger partial charge in [0.1, 0.15) is 0 Å². The lowest BCUT2D eigenvalue weighted by molar-refractivity contribution is 0.717. The van der Waals surface area contributed by atoms with Crippen LogP contribution in [0.25, 0.3) is 10.9 Å². The lowest BCUT2D eigenvalue weighted by Gasteiger charge is -2.12. The quantitative estimate of drug-likeness (QED) is 0.755. The Balaban J connectivity index is 2.50. The predicted octanol–water partition coefficient (Wildman–Crippen LogP) is 3.44. The van der Waals surface area contributed by atoms with Crippen LogP contribution in [0.4, 0.5) is 0 Å². The number of fused-ring (bicyclic) bond motifs is 1. The first-order valence-corrected chi connectivity index (χ1v) is 5.56. The fourth-order valence-electron chi connectivity index (χ4n) is 2.25. The third-order valence-electron chi connectivity index (χ3n) is 2.88. The predicted molar refractivity (Wildman–Crippen MR) is 69.4 cm³/mol. The van der Waals surface area contributed by atoms with Crippen LogP contribution in [0.5, 0.6) is 0 Å². The molecule has 1 aromatic heterocycles. The number of nitrogens with two attached hydrogens (primary N) is 1. The molecule has 2 aromatic rings. The van der Waals surface area contributed by atoms with Gasteiger partial charge in [0, 0.05) is 22.6 Å². The SMILES string of the molecule is C=C(C)C[C@@H](N)c1c(C)[nH]c2ccccc12. The number of hydrogen-bond donors (Lipinski definition) is 2. The van der Waals surface area contributed by atoms with Gasteiger partial charge in [-0.05, 0) is 31.9 Å². The first-order chi connectivity index (χ1) is 7.59. The van der Waals surface area contributed by atoms with Crippen molar-refractivity contribution in [3.8, 4) is 0 Å². The number of H-pyrrole nitrogens is 1. The number of aromatic amines is 1. The van der Waals surface area contributed by atoms with Gasteiger partial charge in [0.2, 0.25) is 0 Å². The number of benzene rings is 1. The van der Waals surface area contributed by atoms with Crippen LogP contribution in [0.1, 0.15) is 30.6 Å². The highest BCUT2D eigenvalue weighted by molar-refractivity contribution is 5.85. The minimum atomic E-state index is 0.0358. The summed E-state index contributed by atoms with van der Waals surface area (Å²) in [4.78, 5) is 3.37. The van der Waals surface area contributed by atoms with Crippen LogP contribution in [0.2, 0.25) is 0 Å². The van der Waals surface area contributed by atoms with Gasteiger partial charge in [-0.3, -0.25) is 0 Å². The number of rotatable bonds is 3. The number of hydrogen-bond acceptors (Lipinski definition) is 1. The Morgan fingerprint density at radius 3 is 2.81 bits per heavy atom. The maximum Gasteiger partial charge on any atom is 0.0459 e. The fourth-order valence-corrected chi connectivity index (χ4v) is 2.25. The molecule has 1 atom stereocenters. The third kappa shape index (κ3) is 1.89. The molecule has 3 N–H and O–H groups in total. The lowest BCUT2D eigenvalue weighted by Crippen LogP contribution is -2.11. The van der Waals surface area contributed by atoms with Crippen molar-refractivity contribution in [2.24, 2.45) is 5.73 Å². The molecule has 84 valence electrons. The Labute approximate surface area is 96.2 Å². The lowest BCUT2D eigenvalue weighted by atomic mass is 9.98. The topological polar surface area (TPSA) is 41.8 Å². The van der Waals surface area contributed by atoms with Crippen LogP contribution >= 0.6 is 0 Å². The molecule has 0 spiro atoms. The number of aromatic nitrogens is 1. The van der Waals surface area contributed by atoms with Crippen LogP contribution < -0.4 is 5.73 Å². The van der Waals surface area contributed by atoms with Gasteiger partial charge in [0.05, 0.1) is 0 Å². The number of aryl methyl sites for hydroxylation is 1. The first-order valence-electron chi connectivity index (χ1n) is 5.56. The molecule has 2 nitrogen and oxygen atoms in total. The van der Waals surface area contributed by atoms with E-state index in [9.17, 15) is 0 Å². The van der Waals surface area contributed by atoms with Crippen molar-refractivity contribution in [2.45, 2.75) is 26.3 Å². The number of nitrogens with one attached hydrogen (secondary N) is 1. The summed E-state index contributed by atoms with van der Waals surface area (Å²) in [7, 11) is 0. The minimum absolute atomic E-state index is 0.0358. The zero-order chi connectivity index (χ0) is 11.7. The molecule has 0 aliphatic carbocycles. The van der Waals surface area contributed by atoms with Crippen LogP contribution in [0, 0.1) is 6.92 Å². The maximum atomic E-state index is 6.23. The van der Waals surface area contributed by atoms with Crippen LogP contribution in [0.3, 0.4) is 0 Å². The summed E-state index contributed by atoms with van der Waals surface area (Å²) in [6, 6.07) is 8.32. The molecule has 1 aromatic carbocycles. The molecule has 16 heavy (non-hydrogen) atoms. The third-order valence-corrected chi connectivity index (χ3v) is 2.88. The highest BCUT2D eigenvalue weighted by Crippen LogP contribution is 2.29. The smallest absolute Gasteiger partial charge is 0.0459 e. The maximum absolute atomic E-state index is 6.23. The van der Waals surface area contributed by atoms with Crippen molar-refractivity contribution >= 4 is 10.9 Å². The molecule has 0 saturated carbocycles. The Bertz CT molecular complexity index is 523. The van der Waals surface area contributed by atoms with Crippen molar-refractivity contribution in [1.82, 2.24) is 4.98 Å². The summed E-state index contributed by atoms with van der Waals surface area (Å²) in [6.07, 6.45) is 0.836. The molecular weight excluding hydrogens is 196 g/mol. The Kier molecular flexibility index (Phi) is 2.84. The van der Waals surface area contributed by atoms with E-state index in [0.717, 1.165) is 23.2 Å². The summed E-state index contributed by atoms with van der Waals surface area (Å²) in [5.41, 5.74) is 10.9. The number of para-hydroxylation sites is 1. The molecule has 0 radical (unpaired) electrons. The molecular formula is C14H18N2. The molecule has 2 rings (SSSR count). The zero-order valence-electron chi connectivity index (χ0n) is 9.88. The summed E-state index contributed by atoms with van der Waals surface area (Å²) < 4.78 is 0. The first kappa shape index (κ1) is 11.0. The molecule has 1 heterocycles. The molecule has 0 bridgehead atoms. The highest BCUT2D eigenvalue weighted by atomic mass is 14.7. The summed E-state index contributed by atoms with van der Waals surface area (Å²) in [5, 5.41) is 1.23. The second kappa shape index (κ2) is 4.14. The van der Waals surface area contributed by atoms with E-state index in [1.54, 1.807) is 0 Å². The van der Waals surface area contributed by atoms with E-state index < -0.39 is 0 Å². The van der Waals surface area contributed by atoms with E-state index in [1.807, 2.05) is 19.1 Å². The van der Waals surface area contributed by atoms with Gasteiger partial charge in [-0.15, -0.1) is 6.58 Å². The second-order valence-corrected chi connectivity index (χ2v) is 4.48. The Hall–Kier alpha value is -1.54. The molecule has 0 amide bonds. The monoisotopic (exact) mass is 214 g/mol. The van der Waals surface area contributed by atoms with E-state index in [1.165, 1.54) is 10.9 Å². The standard InChI is InChI=1S/C14H18N2/c1-9(2)8-12(15)14-10(3)16-13-7-5-4-6-11(13)14/h4-7,12,16H,1,8,15H2,2-3H3/t12-/m1/s1. The zero-order valence-corrected chi connectivity index (χ0v) is 9.88. The summed E-state index contributed by atoms with van der Waals surface area (Å²) in [5.74, 6) is 0. The van der Waals surface area contributed by atoms with Crippen LogP contribution in [-0.4, -0.2) is 4.98 Å². The minimum Gasteiger partial charge on any atom is -0.358 e. The van der Waals surface area contributed by atoms with Gasteiger partial charge in [-0.1, -0.05) is 23.8 Å². The molecule has 0 unspecified atom stereocenters. The average Bonchev–Trinajstić information content (AvgIpc) is 2.52. The van der Waals surface area contributed by atoms with Gasteiger partial charge >= 0.3 is 0 Å². The van der Waals surface area contributed by atoms with Gasteiger partial charge in [-0.25, -0.2) is 0 Å². The van der Waals surface area contributed by atoms with Crippen molar-refractivity contribution in [3.05, 3.63) is 47.7 Å². The van der Waals surface area contributed by atoms with Crippen molar-refractivity contribution in [3.63, 3.8) is 0 Å². The average molecular weight is 214 g/mol. The van der Waals surface area contributed by atoms with Crippen LogP contribution in [0.15, 0.2) is 36.4 Å². The largest absolute Gasteiger partial charge is 0.358 e.